The Kier molecular flexibility index (Phi) is 3.80. The highest BCUT2D eigenvalue weighted by molar-refractivity contribution is 8.00. The number of thioether (sulfide) groups is 1. The van der Waals surface area contributed by atoms with Crippen molar-refractivity contribution in [3.05, 3.63) is 29.6 Å². The van der Waals surface area contributed by atoms with Gasteiger partial charge in [0.05, 0.1) is 5.56 Å². The van der Waals surface area contributed by atoms with Gasteiger partial charge in [-0.25, -0.2) is 4.39 Å². The molecule has 1 heterocycles. The zero-order valence-electron chi connectivity index (χ0n) is 10.2. The van der Waals surface area contributed by atoms with E-state index >= 15 is 0 Å². The van der Waals surface area contributed by atoms with Crippen LogP contribution in [0.15, 0.2) is 18.2 Å². The van der Waals surface area contributed by atoms with E-state index in [1.165, 1.54) is 6.07 Å². The molecule has 2 N–H and O–H groups in total. The molecule has 1 amide bonds. The number of carbonyl (C=O) groups excluding carboxylic acids is 1. The van der Waals surface area contributed by atoms with Crippen molar-refractivity contribution in [1.82, 2.24) is 5.32 Å². The molecule has 0 radical (unpaired) electrons. The highest BCUT2D eigenvalue weighted by Gasteiger charge is 2.30. The maximum atomic E-state index is 13.0. The van der Waals surface area contributed by atoms with E-state index in [2.05, 4.69) is 12.2 Å². The molecular formula is C13H16FNO2S. The van der Waals surface area contributed by atoms with Crippen LogP contribution in [0.25, 0.3) is 0 Å². The predicted molar refractivity (Wildman–Crippen MR) is 70.5 cm³/mol. The Morgan fingerprint density at radius 2 is 2.39 bits per heavy atom. The number of benzene rings is 1. The lowest BCUT2D eigenvalue weighted by molar-refractivity contribution is 0.0947. The van der Waals surface area contributed by atoms with E-state index in [0.29, 0.717) is 6.54 Å². The minimum absolute atomic E-state index is 0.0124. The highest BCUT2D eigenvalue weighted by atomic mass is 32.2. The van der Waals surface area contributed by atoms with Gasteiger partial charge >= 0.3 is 0 Å². The summed E-state index contributed by atoms with van der Waals surface area (Å²) >= 11 is 1.84. The molecule has 1 aromatic carbocycles. The van der Waals surface area contributed by atoms with Crippen molar-refractivity contribution < 1.29 is 14.3 Å². The highest BCUT2D eigenvalue weighted by Crippen LogP contribution is 2.37. The van der Waals surface area contributed by atoms with Gasteiger partial charge in [0.1, 0.15) is 11.6 Å². The van der Waals surface area contributed by atoms with E-state index in [4.69, 9.17) is 0 Å². The lowest BCUT2D eigenvalue weighted by Crippen LogP contribution is -2.36. The fourth-order valence-corrected chi connectivity index (χ4v) is 3.27. The molecule has 0 saturated carbocycles. The molecule has 2 rings (SSSR count). The molecule has 1 aromatic rings. The van der Waals surface area contributed by atoms with E-state index in [1.54, 1.807) is 0 Å². The van der Waals surface area contributed by atoms with Gasteiger partial charge in [-0.2, -0.15) is 11.8 Å². The van der Waals surface area contributed by atoms with Gasteiger partial charge in [-0.1, -0.05) is 0 Å². The molecule has 3 nitrogen and oxygen atoms in total. The first-order valence-corrected chi connectivity index (χ1v) is 6.89. The van der Waals surface area contributed by atoms with E-state index in [0.717, 1.165) is 30.7 Å². The van der Waals surface area contributed by atoms with Crippen molar-refractivity contribution in [1.29, 1.82) is 0 Å². The lowest BCUT2D eigenvalue weighted by atomic mass is 10.1. The van der Waals surface area contributed by atoms with Crippen LogP contribution in [0.4, 0.5) is 4.39 Å². The van der Waals surface area contributed by atoms with Crippen molar-refractivity contribution >= 4 is 17.7 Å². The van der Waals surface area contributed by atoms with Crippen molar-refractivity contribution in [2.45, 2.75) is 24.5 Å². The number of aromatic hydroxyl groups is 1. The number of carbonyl (C=O) groups is 1. The average molecular weight is 269 g/mol. The van der Waals surface area contributed by atoms with E-state index < -0.39 is 11.7 Å². The van der Waals surface area contributed by atoms with Gasteiger partial charge in [0.2, 0.25) is 0 Å². The van der Waals surface area contributed by atoms with Gasteiger partial charge in [-0.05, 0) is 43.7 Å². The number of hydrogen-bond donors (Lipinski definition) is 2. The standard InChI is InChI=1S/C13H16FNO2S/c1-13(5-2-6-18-13)8-15-12(17)10-7-9(14)3-4-11(10)16/h3-4,7,16H,2,5-6,8H2,1H3,(H,15,17). The maximum Gasteiger partial charge on any atom is 0.255 e. The second kappa shape index (κ2) is 5.18. The number of rotatable bonds is 3. The van der Waals surface area contributed by atoms with E-state index in [1.807, 2.05) is 11.8 Å². The first kappa shape index (κ1) is 13.2. The molecule has 1 saturated heterocycles. The topological polar surface area (TPSA) is 49.3 Å². The molecular weight excluding hydrogens is 253 g/mol. The number of halogens is 1. The summed E-state index contributed by atoms with van der Waals surface area (Å²) in [5, 5.41) is 12.3. The van der Waals surface area contributed by atoms with E-state index in [-0.39, 0.29) is 16.1 Å². The molecule has 18 heavy (non-hydrogen) atoms. The van der Waals surface area contributed by atoms with Gasteiger partial charge < -0.3 is 10.4 Å². The Bertz CT molecular complexity index is 458. The predicted octanol–water partition coefficient (Wildman–Crippen LogP) is 2.55. The minimum atomic E-state index is -0.528. The average Bonchev–Trinajstić information content (AvgIpc) is 2.77. The number of phenols is 1. The fraction of sp³-hybridized carbons (Fsp3) is 0.462. The van der Waals surface area contributed by atoms with Gasteiger partial charge in [0.15, 0.2) is 0 Å². The third-order valence-corrected chi connectivity index (χ3v) is 4.66. The maximum absolute atomic E-state index is 13.0. The van der Waals surface area contributed by atoms with Crippen molar-refractivity contribution in [2.24, 2.45) is 0 Å². The Hall–Kier alpha value is -1.23. The Morgan fingerprint density at radius 1 is 1.61 bits per heavy atom. The molecule has 1 unspecified atom stereocenters. The van der Waals surface area contributed by atoms with Gasteiger partial charge in [0, 0.05) is 11.3 Å². The normalized spacial score (nSPS) is 23.0. The summed E-state index contributed by atoms with van der Waals surface area (Å²) in [4.78, 5) is 11.9. The molecule has 0 aliphatic carbocycles. The molecule has 1 aliphatic rings. The summed E-state index contributed by atoms with van der Waals surface area (Å²) in [6.45, 7) is 2.64. The molecule has 0 bridgehead atoms. The molecule has 0 aromatic heterocycles. The van der Waals surface area contributed by atoms with E-state index in [9.17, 15) is 14.3 Å². The van der Waals surface area contributed by atoms with Crippen molar-refractivity contribution in [3.63, 3.8) is 0 Å². The first-order valence-electron chi connectivity index (χ1n) is 5.91. The van der Waals surface area contributed by atoms with Gasteiger partial charge in [-0.3, -0.25) is 4.79 Å². The van der Waals surface area contributed by atoms with Crippen molar-refractivity contribution in [2.75, 3.05) is 12.3 Å². The van der Waals surface area contributed by atoms with Crippen molar-refractivity contribution in [3.8, 4) is 5.75 Å². The zero-order chi connectivity index (χ0) is 13.2. The molecule has 0 spiro atoms. The minimum Gasteiger partial charge on any atom is -0.507 e. The quantitative estimate of drug-likeness (QED) is 0.886. The molecule has 1 atom stereocenters. The van der Waals surface area contributed by atoms with Gasteiger partial charge in [0.25, 0.3) is 5.91 Å². The second-order valence-electron chi connectivity index (χ2n) is 4.75. The largest absolute Gasteiger partial charge is 0.507 e. The number of phenolic OH excluding ortho intramolecular Hbond substituents is 1. The smallest absolute Gasteiger partial charge is 0.255 e. The Morgan fingerprint density at radius 3 is 3.06 bits per heavy atom. The second-order valence-corrected chi connectivity index (χ2v) is 6.43. The van der Waals surface area contributed by atoms with Crippen LogP contribution in [0.2, 0.25) is 0 Å². The third kappa shape index (κ3) is 2.96. The lowest BCUT2D eigenvalue weighted by Gasteiger charge is -2.22. The zero-order valence-corrected chi connectivity index (χ0v) is 11.0. The number of nitrogens with one attached hydrogen (secondary N) is 1. The van der Waals surface area contributed by atoms with Gasteiger partial charge in [-0.15, -0.1) is 0 Å². The molecule has 1 fully saturated rings. The third-order valence-electron chi connectivity index (χ3n) is 3.13. The van der Waals surface area contributed by atoms with Crippen LogP contribution >= 0.6 is 11.8 Å². The van der Waals surface area contributed by atoms with Crippen LogP contribution in [-0.4, -0.2) is 28.1 Å². The van der Waals surface area contributed by atoms with Crippen LogP contribution in [0.5, 0.6) is 5.75 Å². The number of hydrogen-bond acceptors (Lipinski definition) is 3. The summed E-state index contributed by atoms with van der Waals surface area (Å²) in [6, 6.07) is 3.37. The monoisotopic (exact) mass is 269 g/mol. The fourth-order valence-electron chi connectivity index (χ4n) is 2.03. The Balaban J connectivity index is 2.01. The molecule has 5 heteroatoms. The van der Waals surface area contributed by atoms with Crippen LogP contribution in [0.3, 0.4) is 0 Å². The summed E-state index contributed by atoms with van der Waals surface area (Å²) in [5.74, 6) is -0.0457. The van der Waals surface area contributed by atoms with Crippen LogP contribution in [0.1, 0.15) is 30.1 Å². The SMILES string of the molecule is CC1(CNC(=O)c2cc(F)ccc2O)CCCS1. The van der Waals surface area contributed by atoms with Crippen LogP contribution in [-0.2, 0) is 0 Å². The van der Waals surface area contributed by atoms with Crippen LogP contribution in [0, 0.1) is 5.82 Å². The summed E-state index contributed by atoms with van der Waals surface area (Å²) in [7, 11) is 0. The number of amides is 1. The summed E-state index contributed by atoms with van der Waals surface area (Å²) < 4.78 is 13.1. The van der Waals surface area contributed by atoms with Crippen LogP contribution < -0.4 is 5.32 Å². The molecule has 1 aliphatic heterocycles. The summed E-state index contributed by atoms with van der Waals surface area (Å²) in [5.41, 5.74) is -0.0124. The first-order chi connectivity index (χ1) is 8.50. The summed E-state index contributed by atoms with van der Waals surface area (Å²) in [6.07, 6.45) is 2.22. The Labute approximate surface area is 110 Å². The molecule has 98 valence electrons.